The molecule has 13 aromatic heterocycles. The number of halogens is 21. The summed E-state index contributed by atoms with van der Waals surface area (Å²) in [6, 6.07) is 50.4. The van der Waals surface area contributed by atoms with Crippen LogP contribution in [0.3, 0.4) is 0 Å². The molecule has 0 saturated heterocycles. The molecule has 0 aliphatic carbocycles. The fourth-order valence-electron chi connectivity index (χ4n) is 14.4. The fraction of sp³-hybridized carbons (Fsp3) is 0.116. The number of rotatable bonds is 19. The number of pyridine rings is 2. The molecule has 0 aliphatic heterocycles. The third-order valence-electron chi connectivity index (χ3n) is 20.8. The second-order valence-corrected chi connectivity index (χ2v) is 33.0. The van der Waals surface area contributed by atoms with Gasteiger partial charge < -0.3 is 36.4 Å². The first kappa shape index (κ1) is 102. The Bertz CT molecular complexity index is 8020. The van der Waals surface area contributed by atoms with E-state index in [0.29, 0.717) is 63.2 Å². The zero-order chi connectivity index (χ0) is 105. The molecule has 13 heterocycles. The standard InChI is InChI=1S/C20H16F3N5O.C19H11F6N5.C19H14F3N5O2S.C19H14F3N5O.C18H10F6N6/c1-29-12-19-26-15-4-2-3-5-16(15)28(19)18-11-24-10-17(27-18)25-14-8-6-13(7-9-14)20(21,22)23;20-18(21,22)11-5-7-12(8-6-11)27-14-4-1-3-13(28-14)15-16(19(23,24)25)29-17-26-9-2-10-30(15)17;1-30(28,29)13-7-5-12(6-8-13)24-15-11-23-10-14(25-15)17-18(19(20,21)22)26-16-4-2-3-9-27(16)17;20-19(21,22)12-5-7-13(8-6-12)24-16-9-23-10-17(26-16)27-15-4-2-1-3-14(15)25-18(27)11-28;19-17(20,21)10-2-4-11(5-3-10)27-13-9-25-8-12(28-13)14-15(18(22,23)24)29-16-26-6-1-7-30(14)16/h2-11H,12H2,1H3,(H,25,27);1-10H,(H,27,28);2-11H,1H3,(H,24,25);1-10,28H,11H2,(H,24,26);1-9H,(H,27,28). The second-order valence-electron chi connectivity index (χ2n) is 31.0. The van der Waals surface area contributed by atoms with E-state index < -0.39 is 92.4 Å². The summed E-state index contributed by atoms with van der Waals surface area (Å²) in [6.07, 6.45) is -12.9. The van der Waals surface area contributed by atoms with E-state index in [1.54, 1.807) is 30.0 Å². The molecule has 20 aromatic rings. The van der Waals surface area contributed by atoms with E-state index in [0.717, 1.165) is 81.9 Å². The van der Waals surface area contributed by atoms with Crippen LogP contribution < -0.4 is 26.6 Å². The van der Waals surface area contributed by atoms with Crippen molar-refractivity contribution in [3.8, 4) is 45.8 Å². The van der Waals surface area contributed by atoms with Crippen molar-refractivity contribution in [1.29, 1.82) is 0 Å². The summed E-state index contributed by atoms with van der Waals surface area (Å²) in [7, 11) is -1.76. The van der Waals surface area contributed by atoms with E-state index in [9.17, 15) is 106 Å². The number of para-hydroxylation sites is 4. The average molecular weight is 2070 g/mol. The number of sulfone groups is 1. The molecule has 0 fully saturated rings. The number of aromatic nitrogens is 21. The molecule has 0 radical (unpaired) electrons. The molecule has 52 heteroatoms. The highest BCUT2D eigenvalue weighted by Crippen LogP contribution is 2.43. The largest absolute Gasteiger partial charge is 0.435 e. The highest BCUT2D eigenvalue weighted by atomic mass is 32.2. The number of aliphatic hydroxyl groups excluding tert-OH is 1. The zero-order valence-corrected chi connectivity index (χ0v) is 75.4. The predicted molar refractivity (Wildman–Crippen MR) is 493 cm³/mol. The molecular weight excluding hydrogens is 2000 g/mol. The predicted octanol–water partition coefficient (Wildman–Crippen LogP) is 23.3. The summed E-state index contributed by atoms with van der Waals surface area (Å²) in [5.74, 6) is 2.83. The summed E-state index contributed by atoms with van der Waals surface area (Å²) in [5, 5.41) is 24.0. The zero-order valence-electron chi connectivity index (χ0n) is 74.6. The van der Waals surface area contributed by atoms with E-state index in [4.69, 9.17) is 4.74 Å². The number of fused-ring (bicyclic) bond motifs is 5. The van der Waals surface area contributed by atoms with Crippen molar-refractivity contribution in [1.82, 2.24) is 102 Å². The topological polar surface area (TPSA) is 353 Å². The van der Waals surface area contributed by atoms with Gasteiger partial charge in [0.05, 0.1) is 104 Å². The first-order valence-corrected chi connectivity index (χ1v) is 44.2. The van der Waals surface area contributed by atoms with Crippen LogP contribution in [0.15, 0.2) is 304 Å². The Balaban J connectivity index is 0.000000131. The van der Waals surface area contributed by atoms with Gasteiger partial charge in [-0.15, -0.1) is 0 Å². The number of alkyl halides is 21. The Hall–Kier alpha value is -17.7. The lowest BCUT2D eigenvalue weighted by atomic mass is 10.2. The van der Waals surface area contributed by atoms with Crippen LogP contribution in [0.1, 0.15) is 51.0 Å². The average Bonchev–Trinajstić information content (AvgIpc) is 1.62. The number of benzene rings is 7. The molecular formula is C95H65F21N26O4S. The van der Waals surface area contributed by atoms with E-state index in [-0.39, 0.29) is 92.6 Å². The molecule has 20 rings (SSSR count). The van der Waals surface area contributed by atoms with Gasteiger partial charge in [0.1, 0.15) is 76.4 Å². The molecule has 0 saturated carbocycles. The lowest BCUT2D eigenvalue weighted by Crippen LogP contribution is -2.09. The number of nitrogens with one attached hydrogen (secondary N) is 5. The minimum atomic E-state index is -4.76. The number of anilines is 10. The van der Waals surface area contributed by atoms with Crippen molar-refractivity contribution >= 4 is 107 Å². The molecule has 0 aliphatic rings. The van der Waals surface area contributed by atoms with Gasteiger partial charge in [-0.1, -0.05) is 36.4 Å². The van der Waals surface area contributed by atoms with Gasteiger partial charge in [-0.2, -0.15) is 92.2 Å². The normalized spacial score (nSPS) is 12.1. The van der Waals surface area contributed by atoms with Crippen LogP contribution >= 0.6 is 0 Å². The van der Waals surface area contributed by atoms with Gasteiger partial charge in [0.2, 0.25) is 11.6 Å². The van der Waals surface area contributed by atoms with Crippen LogP contribution in [0.5, 0.6) is 0 Å². The third kappa shape index (κ3) is 24.3. The summed E-state index contributed by atoms with van der Waals surface area (Å²) in [6.45, 7) is -0.000157. The molecule has 752 valence electrons. The van der Waals surface area contributed by atoms with Crippen molar-refractivity contribution in [3.63, 3.8) is 0 Å². The minimum Gasteiger partial charge on any atom is -0.388 e. The van der Waals surface area contributed by atoms with Gasteiger partial charge in [0.15, 0.2) is 50.2 Å². The maximum atomic E-state index is 13.6. The third-order valence-corrected chi connectivity index (χ3v) is 21.9. The summed E-state index contributed by atoms with van der Waals surface area (Å²) in [5.41, 5.74) is -2.31. The van der Waals surface area contributed by atoms with Crippen molar-refractivity contribution in [2.24, 2.45) is 0 Å². The van der Waals surface area contributed by atoms with E-state index in [2.05, 4.69) is 106 Å². The molecule has 0 atom stereocenters. The number of hydrogen-bond acceptors (Lipinski definition) is 25. The molecule has 7 aromatic carbocycles. The number of imidazole rings is 5. The highest BCUT2D eigenvalue weighted by molar-refractivity contribution is 7.90. The van der Waals surface area contributed by atoms with E-state index >= 15 is 0 Å². The summed E-state index contributed by atoms with van der Waals surface area (Å²) < 4.78 is 309. The van der Waals surface area contributed by atoms with Gasteiger partial charge >= 0.3 is 43.2 Å². The van der Waals surface area contributed by atoms with Crippen molar-refractivity contribution < 1.29 is 110 Å². The Morgan fingerprint density at radius 2 is 0.660 bits per heavy atom. The van der Waals surface area contributed by atoms with Crippen LogP contribution in [0.2, 0.25) is 0 Å². The van der Waals surface area contributed by atoms with Crippen molar-refractivity contribution in [2.75, 3.05) is 39.9 Å². The Morgan fingerprint density at radius 3 is 1.05 bits per heavy atom. The maximum absolute atomic E-state index is 13.6. The lowest BCUT2D eigenvalue weighted by Gasteiger charge is -2.11. The van der Waals surface area contributed by atoms with Gasteiger partial charge in [-0.05, 0) is 182 Å². The van der Waals surface area contributed by atoms with Crippen molar-refractivity contribution in [2.45, 2.75) is 61.3 Å². The van der Waals surface area contributed by atoms with Crippen LogP contribution in [0.25, 0.3) is 85.1 Å². The quantitative estimate of drug-likeness (QED) is 0.0410. The van der Waals surface area contributed by atoms with Gasteiger partial charge in [0, 0.05) is 72.8 Å². The van der Waals surface area contributed by atoms with Crippen LogP contribution in [-0.4, -0.2) is 129 Å². The molecule has 0 bridgehead atoms. The Labute approximate surface area is 812 Å². The number of nitrogens with zero attached hydrogens (tertiary/aromatic N) is 21. The molecule has 30 nitrogen and oxygen atoms in total. The fourth-order valence-corrected chi connectivity index (χ4v) is 15.0. The van der Waals surface area contributed by atoms with Crippen LogP contribution in [-0.2, 0) is 71.0 Å². The minimum absolute atomic E-state index is 0.0150. The summed E-state index contributed by atoms with van der Waals surface area (Å²) in [4.78, 5) is 65.3. The van der Waals surface area contributed by atoms with Crippen LogP contribution in [0, 0.1) is 0 Å². The second kappa shape index (κ2) is 41.7. The van der Waals surface area contributed by atoms with Crippen LogP contribution in [0.4, 0.5) is 150 Å². The van der Waals surface area contributed by atoms with Gasteiger partial charge in [-0.25, -0.2) is 68.2 Å². The number of aliphatic hydroxyl groups is 1. The Morgan fingerprint density at radius 1 is 0.320 bits per heavy atom. The number of ether oxygens (including phenoxy) is 1. The Kier molecular flexibility index (Phi) is 29.0. The highest BCUT2D eigenvalue weighted by Gasteiger charge is 2.43. The molecule has 0 unspecified atom stereocenters. The maximum Gasteiger partial charge on any atom is 0.435 e. The first-order valence-electron chi connectivity index (χ1n) is 42.3. The van der Waals surface area contributed by atoms with Gasteiger partial charge in [-0.3, -0.25) is 42.3 Å². The van der Waals surface area contributed by atoms with E-state index in [1.807, 2.05) is 53.1 Å². The molecule has 6 N–H and O–H groups in total. The lowest BCUT2D eigenvalue weighted by molar-refractivity contribution is -0.141. The first-order chi connectivity index (χ1) is 69.8. The molecule has 0 spiro atoms. The number of hydrogen-bond donors (Lipinski definition) is 6. The monoisotopic (exact) mass is 2060 g/mol. The van der Waals surface area contributed by atoms with Gasteiger partial charge in [0.25, 0.3) is 0 Å². The van der Waals surface area contributed by atoms with E-state index in [1.165, 1.54) is 186 Å². The SMILES string of the molecule is COCc1nc2ccccc2n1-c1cncc(Nc2ccc(C(F)(F)F)cc2)n1.CS(=O)(=O)c1ccc(Nc2cncc(-c3c(C(F)(F)F)nc4ccccn34)n2)cc1.FC(F)(F)c1ccc(Nc2cccc(-c3c(C(F)(F)F)nc4ncccn34)n2)cc1.FC(F)(F)c1ccc(Nc2cncc(-c3c(C(F)(F)F)nc4ncccn34)n2)cc1.OCc1nc2ccccc2n1-c1cncc(Nc2ccc(C(F)(F)F)cc2)n1. The summed E-state index contributed by atoms with van der Waals surface area (Å²) >= 11 is 0. The molecule has 147 heavy (non-hydrogen) atoms. The number of methoxy groups -OCH3 is 1. The van der Waals surface area contributed by atoms with Crippen molar-refractivity contribution in [3.05, 3.63) is 350 Å². The smallest absolute Gasteiger partial charge is 0.388 e. The molecule has 0 amide bonds.